The molecule has 0 spiro atoms. The fourth-order valence-corrected chi connectivity index (χ4v) is 2.86. The van der Waals surface area contributed by atoms with Gasteiger partial charge in [0.05, 0.1) is 5.54 Å². The van der Waals surface area contributed by atoms with Crippen molar-refractivity contribution in [3.8, 4) is 0 Å². The Morgan fingerprint density at radius 3 is 2.83 bits per heavy atom. The number of carboxylic acid groups (broad SMARTS) is 1. The Bertz CT molecular complexity index is 408. The second-order valence-electron chi connectivity index (χ2n) is 5.31. The average Bonchev–Trinajstić information content (AvgIpc) is 2.28. The van der Waals surface area contributed by atoms with E-state index in [-0.39, 0.29) is 5.54 Å². The number of amides is 1. The maximum absolute atomic E-state index is 11.0. The summed E-state index contributed by atoms with van der Waals surface area (Å²) in [5, 5.41) is 15.1. The first-order valence-electron chi connectivity index (χ1n) is 6.35. The van der Waals surface area contributed by atoms with Gasteiger partial charge in [-0.05, 0) is 30.9 Å². The van der Waals surface area contributed by atoms with Crippen molar-refractivity contribution >= 4 is 6.09 Å². The van der Waals surface area contributed by atoms with Gasteiger partial charge in [-0.3, -0.25) is 0 Å². The number of nitrogens with one attached hydrogen (secondary N) is 2. The van der Waals surface area contributed by atoms with Crippen LogP contribution in [0.15, 0.2) is 30.3 Å². The third-order valence-corrected chi connectivity index (χ3v) is 3.45. The zero-order valence-corrected chi connectivity index (χ0v) is 10.6. The summed E-state index contributed by atoms with van der Waals surface area (Å²) >= 11 is 0. The molecular formula is C14H20N2O2. The molecule has 0 bridgehead atoms. The highest BCUT2D eigenvalue weighted by atomic mass is 16.4. The van der Waals surface area contributed by atoms with Crippen LogP contribution in [0.4, 0.5) is 4.79 Å². The molecule has 1 heterocycles. The minimum atomic E-state index is -0.943. The molecule has 0 radical (unpaired) electrons. The maximum Gasteiger partial charge on any atom is 0.405 e. The number of piperidine rings is 1. The van der Waals surface area contributed by atoms with Gasteiger partial charge in [-0.25, -0.2) is 4.79 Å². The predicted molar refractivity (Wildman–Crippen MR) is 70.7 cm³/mol. The lowest BCUT2D eigenvalue weighted by Crippen LogP contribution is -2.60. The zero-order chi connectivity index (χ0) is 13.0. The minimum Gasteiger partial charge on any atom is -0.465 e. The molecule has 18 heavy (non-hydrogen) atoms. The molecule has 1 aromatic rings. The van der Waals surface area contributed by atoms with Gasteiger partial charge in [-0.1, -0.05) is 37.3 Å². The van der Waals surface area contributed by atoms with Gasteiger partial charge in [0, 0.05) is 6.54 Å². The summed E-state index contributed by atoms with van der Waals surface area (Å²) < 4.78 is 0. The van der Waals surface area contributed by atoms with E-state index in [1.165, 1.54) is 5.56 Å². The summed E-state index contributed by atoms with van der Waals surface area (Å²) in [4.78, 5) is 11.0. The van der Waals surface area contributed by atoms with Gasteiger partial charge in [0.25, 0.3) is 0 Å². The molecule has 3 N–H and O–H groups in total. The number of carbonyl (C=O) groups is 1. The van der Waals surface area contributed by atoms with E-state index < -0.39 is 6.09 Å². The average molecular weight is 248 g/mol. The molecule has 2 atom stereocenters. The van der Waals surface area contributed by atoms with Crippen molar-refractivity contribution < 1.29 is 9.90 Å². The van der Waals surface area contributed by atoms with Crippen LogP contribution in [0.2, 0.25) is 0 Å². The number of benzene rings is 1. The first kappa shape index (κ1) is 12.9. The van der Waals surface area contributed by atoms with E-state index >= 15 is 0 Å². The Labute approximate surface area is 107 Å². The normalized spacial score (nSPS) is 27.7. The largest absolute Gasteiger partial charge is 0.465 e. The quantitative estimate of drug-likeness (QED) is 0.765. The standard InChI is InChI=1S/C14H20N2O2/c1-11-7-14(10-15-9-11,16-13(17)18)8-12-5-3-2-4-6-12/h2-6,11,15-16H,7-10H2,1H3,(H,17,18)/t11-,14+/m1/s1. The number of hydrogen-bond donors (Lipinski definition) is 3. The second-order valence-corrected chi connectivity index (χ2v) is 5.31. The van der Waals surface area contributed by atoms with Crippen LogP contribution in [-0.2, 0) is 6.42 Å². The van der Waals surface area contributed by atoms with Gasteiger partial charge in [0.2, 0.25) is 0 Å². The van der Waals surface area contributed by atoms with E-state index in [2.05, 4.69) is 17.6 Å². The minimum absolute atomic E-state index is 0.384. The second kappa shape index (κ2) is 5.40. The Hall–Kier alpha value is -1.55. The van der Waals surface area contributed by atoms with Crippen molar-refractivity contribution in [1.29, 1.82) is 0 Å². The van der Waals surface area contributed by atoms with Gasteiger partial charge >= 0.3 is 6.09 Å². The highest BCUT2D eigenvalue weighted by Crippen LogP contribution is 2.25. The molecule has 98 valence electrons. The van der Waals surface area contributed by atoms with E-state index in [0.29, 0.717) is 12.5 Å². The Kier molecular flexibility index (Phi) is 3.87. The van der Waals surface area contributed by atoms with Crippen molar-refractivity contribution in [3.05, 3.63) is 35.9 Å². The van der Waals surface area contributed by atoms with Crippen molar-refractivity contribution in [2.45, 2.75) is 25.3 Å². The molecule has 0 unspecified atom stereocenters. The molecule has 0 saturated carbocycles. The SMILES string of the molecule is C[C@H]1CNC[C@](Cc2ccccc2)(NC(=O)O)C1. The molecule has 1 saturated heterocycles. The summed E-state index contributed by atoms with van der Waals surface area (Å²) in [5.74, 6) is 0.481. The summed E-state index contributed by atoms with van der Waals surface area (Å²) in [5.41, 5.74) is 0.785. The van der Waals surface area contributed by atoms with E-state index in [4.69, 9.17) is 5.11 Å². The molecule has 4 heteroatoms. The molecule has 1 amide bonds. The first-order valence-corrected chi connectivity index (χ1v) is 6.35. The number of hydrogen-bond acceptors (Lipinski definition) is 2. The molecule has 0 aromatic heterocycles. The van der Waals surface area contributed by atoms with Crippen LogP contribution in [0.3, 0.4) is 0 Å². The Morgan fingerprint density at radius 1 is 1.50 bits per heavy atom. The van der Waals surface area contributed by atoms with Gasteiger partial charge in [0.15, 0.2) is 0 Å². The smallest absolute Gasteiger partial charge is 0.405 e. The fourth-order valence-electron chi connectivity index (χ4n) is 2.86. The lowest BCUT2D eigenvalue weighted by atomic mass is 9.80. The van der Waals surface area contributed by atoms with Crippen LogP contribution < -0.4 is 10.6 Å². The lowest BCUT2D eigenvalue weighted by Gasteiger charge is -2.40. The monoisotopic (exact) mass is 248 g/mol. The van der Waals surface area contributed by atoms with Crippen molar-refractivity contribution in [3.63, 3.8) is 0 Å². The molecule has 1 aliphatic rings. The van der Waals surface area contributed by atoms with Gasteiger partial charge in [0.1, 0.15) is 0 Å². The molecule has 1 aromatic carbocycles. The fraction of sp³-hybridized carbons (Fsp3) is 0.500. The van der Waals surface area contributed by atoms with E-state index in [9.17, 15) is 4.79 Å². The molecule has 1 fully saturated rings. The van der Waals surface area contributed by atoms with Crippen LogP contribution in [-0.4, -0.2) is 29.8 Å². The molecule has 4 nitrogen and oxygen atoms in total. The molecule has 1 aliphatic heterocycles. The van der Waals surface area contributed by atoms with Crippen LogP contribution in [0.5, 0.6) is 0 Å². The summed E-state index contributed by atoms with van der Waals surface area (Å²) in [6.45, 7) is 3.80. The Morgan fingerprint density at radius 2 is 2.22 bits per heavy atom. The summed E-state index contributed by atoms with van der Waals surface area (Å²) in [6, 6.07) is 10.0. The zero-order valence-electron chi connectivity index (χ0n) is 10.6. The maximum atomic E-state index is 11.0. The van der Waals surface area contributed by atoms with Crippen molar-refractivity contribution in [2.24, 2.45) is 5.92 Å². The highest BCUT2D eigenvalue weighted by Gasteiger charge is 2.36. The van der Waals surface area contributed by atoms with Crippen LogP contribution in [0.1, 0.15) is 18.9 Å². The van der Waals surface area contributed by atoms with Crippen molar-refractivity contribution in [2.75, 3.05) is 13.1 Å². The van der Waals surface area contributed by atoms with E-state index in [1.54, 1.807) is 0 Å². The van der Waals surface area contributed by atoms with Gasteiger partial charge in [-0.15, -0.1) is 0 Å². The predicted octanol–water partition coefficient (Wildman–Crippen LogP) is 1.86. The lowest BCUT2D eigenvalue weighted by molar-refractivity contribution is 0.155. The van der Waals surface area contributed by atoms with Crippen molar-refractivity contribution in [1.82, 2.24) is 10.6 Å². The van der Waals surface area contributed by atoms with Gasteiger partial charge in [-0.2, -0.15) is 0 Å². The first-order chi connectivity index (χ1) is 8.60. The summed E-state index contributed by atoms with van der Waals surface area (Å²) in [7, 11) is 0. The molecule has 2 rings (SSSR count). The molecular weight excluding hydrogens is 228 g/mol. The van der Waals surface area contributed by atoms with Gasteiger partial charge < -0.3 is 15.7 Å². The van der Waals surface area contributed by atoms with E-state index in [1.807, 2.05) is 30.3 Å². The van der Waals surface area contributed by atoms with E-state index in [0.717, 1.165) is 19.4 Å². The Balaban J connectivity index is 2.16. The highest BCUT2D eigenvalue weighted by molar-refractivity contribution is 5.65. The molecule has 0 aliphatic carbocycles. The van der Waals surface area contributed by atoms with Crippen LogP contribution in [0.25, 0.3) is 0 Å². The number of rotatable bonds is 3. The van der Waals surface area contributed by atoms with Crippen LogP contribution in [0, 0.1) is 5.92 Å². The third-order valence-electron chi connectivity index (χ3n) is 3.45. The third kappa shape index (κ3) is 3.23. The topological polar surface area (TPSA) is 61.4 Å². The van der Waals surface area contributed by atoms with Crippen LogP contribution >= 0.6 is 0 Å². The summed E-state index contributed by atoms with van der Waals surface area (Å²) in [6.07, 6.45) is 0.667.